The Morgan fingerprint density at radius 2 is 2.00 bits per heavy atom. The van der Waals surface area contributed by atoms with Gasteiger partial charge < -0.3 is 5.11 Å². The minimum absolute atomic E-state index is 0.00810. The van der Waals surface area contributed by atoms with Gasteiger partial charge in [0.15, 0.2) is 0 Å². The van der Waals surface area contributed by atoms with Crippen LogP contribution in [0.4, 0.5) is 4.39 Å². The van der Waals surface area contributed by atoms with E-state index in [4.69, 9.17) is 28.3 Å². The fourth-order valence-corrected chi connectivity index (χ4v) is 1.98. The zero-order valence-corrected chi connectivity index (χ0v) is 11.0. The summed E-state index contributed by atoms with van der Waals surface area (Å²) >= 11 is 11.8. The Morgan fingerprint density at radius 1 is 1.26 bits per heavy atom. The first kappa shape index (κ1) is 13.8. The molecule has 0 saturated carbocycles. The predicted octanol–water partition coefficient (Wildman–Crippen LogP) is 3.82. The Kier molecular flexibility index (Phi) is 4.02. The zero-order valence-electron chi connectivity index (χ0n) is 9.53. The molecule has 0 spiro atoms. The van der Waals surface area contributed by atoms with Crippen LogP contribution in [0.1, 0.15) is 5.69 Å². The minimum Gasteiger partial charge on any atom is -0.481 e. The molecule has 1 N–H and O–H groups in total. The molecule has 3 nitrogen and oxygen atoms in total. The van der Waals surface area contributed by atoms with Crippen molar-refractivity contribution < 1.29 is 14.3 Å². The average Bonchev–Trinajstić information content (AvgIpc) is 2.34. The average molecular weight is 300 g/mol. The van der Waals surface area contributed by atoms with Gasteiger partial charge in [-0.05, 0) is 30.3 Å². The van der Waals surface area contributed by atoms with Crippen LogP contribution in [0, 0.1) is 5.82 Å². The van der Waals surface area contributed by atoms with Crippen molar-refractivity contribution >= 4 is 29.2 Å². The molecule has 0 bridgehead atoms. The van der Waals surface area contributed by atoms with Gasteiger partial charge in [-0.25, -0.2) is 9.37 Å². The Balaban J connectivity index is 2.54. The first-order valence-electron chi connectivity index (χ1n) is 5.30. The molecular formula is C13H8Cl2FNO2. The number of carboxylic acids is 1. The van der Waals surface area contributed by atoms with Gasteiger partial charge in [-0.15, -0.1) is 0 Å². The summed E-state index contributed by atoms with van der Waals surface area (Å²) in [5.41, 5.74) is 0.574. The Bertz CT molecular complexity index is 647. The van der Waals surface area contributed by atoms with Crippen LogP contribution >= 0.6 is 23.2 Å². The summed E-state index contributed by atoms with van der Waals surface area (Å²) in [6.07, 6.45) is -0.286. The lowest BCUT2D eigenvalue weighted by Crippen LogP contribution is -2.04. The fourth-order valence-electron chi connectivity index (χ4n) is 1.60. The molecule has 1 heterocycles. The first-order valence-corrected chi connectivity index (χ1v) is 6.05. The monoisotopic (exact) mass is 299 g/mol. The van der Waals surface area contributed by atoms with Crippen LogP contribution in [0.3, 0.4) is 0 Å². The van der Waals surface area contributed by atoms with Crippen LogP contribution in [0.2, 0.25) is 10.0 Å². The van der Waals surface area contributed by atoms with E-state index in [2.05, 4.69) is 4.98 Å². The van der Waals surface area contributed by atoms with Crippen molar-refractivity contribution in [2.24, 2.45) is 0 Å². The molecule has 0 atom stereocenters. The summed E-state index contributed by atoms with van der Waals surface area (Å²) in [6.45, 7) is 0. The Morgan fingerprint density at radius 3 is 2.68 bits per heavy atom. The zero-order chi connectivity index (χ0) is 14.0. The highest BCUT2D eigenvalue weighted by atomic mass is 35.5. The van der Waals surface area contributed by atoms with E-state index in [1.807, 2.05) is 0 Å². The molecule has 19 heavy (non-hydrogen) atoms. The molecule has 0 unspecified atom stereocenters. The number of hydrogen-bond acceptors (Lipinski definition) is 2. The van der Waals surface area contributed by atoms with Gasteiger partial charge in [-0.3, -0.25) is 4.79 Å². The molecule has 0 saturated heterocycles. The van der Waals surface area contributed by atoms with Crippen LogP contribution in [-0.4, -0.2) is 16.1 Å². The second-order valence-corrected chi connectivity index (χ2v) is 4.67. The third kappa shape index (κ3) is 3.22. The summed E-state index contributed by atoms with van der Waals surface area (Å²) in [5.74, 6) is -1.62. The van der Waals surface area contributed by atoms with E-state index in [1.54, 1.807) is 6.07 Å². The van der Waals surface area contributed by atoms with Gasteiger partial charge in [-0.1, -0.05) is 23.2 Å². The lowest BCUT2D eigenvalue weighted by atomic mass is 10.1. The molecule has 2 aromatic rings. The number of benzene rings is 1. The van der Waals surface area contributed by atoms with Crippen LogP contribution < -0.4 is 0 Å². The molecule has 2 rings (SSSR count). The van der Waals surface area contributed by atoms with Crippen molar-refractivity contribution in [3.63, 3.8) is 0 Å². The summed E-state index contributed by atoms with van der Waals surface area (Å²) < 4.78 is 13.8. The van der Waals surface area contributed by atoms with Crippen LogP contribution in [0.15, 0.2) is 30.3 Å². The van der Waals surface area contributed by atoms with Crippen molar-refractivity contribution in [1.29, 1.82) is 0 Å². The molecular weight excluding hydrogens is 292 g/mol. The van der Waals surface area contributed by atoms with Gasteiger partial charge in [-0.2, -0.15) is 0 Å². The molecule has 0 aliphatic carbocycles. The Labute approximate surface area is 118 Å². The standard InChI is InChI=1S/C13H8Cl2FNO2/c14-7-1-3-10(15)9(5-7)13-11(16)4-2-8(17-13)6-12(18)19/h1-5H,6H2,(H,18,19). The third-order valence-corrected chi connectivity index (χ3v) is 2.98. The van der Waals surface area contributed by atoms with Crippen molar-refractivity contribution in [2.75, 3.05) is 0 Å². The van der Waals surface area contributed by atoms with E-state index in [9.17, 15) is 9.18 Å². The second-order valence-electron chi connectivity index (χ2n) is 3.83. The largest absolute Gasteiger partial charge is 0.481 e. The number of pyridine rings is 1. The normalized spacial score (nSPS) is 10.5. The molecule has 98 valence electrons. The lowest BCUT2D eigenvalue weighted by Gasteiger charge is -2.07. The van der Waals surface area contributed by atoms with E-state index >= 15 is 0 Å². The van der Waals surface area contributed by atoms with Gasteiger partial charge in [0.05, 0.1) is 17.1 Å². The van der Waals surface area contributed by atoms with E-state index in [1.165, 1.54) is 18.2 Å². The molecule has 0 aliphatic heterocycles. The maximum atomic E-state index is 13.8. The van der Waals surface area contributed by atoms with Crippen LogP contribution in [-0.2, 0) is 11.2 Å². The molecule has 1 aromatic carbocycles. The number of halogens is 3. The molecule has 1 aromatic heterocycles. The summed E-state index contributed by atoms with van der Waals surface area (Å²) in [4.78, 5) is 14.6. The van der Waals surface area contributed by atoms with Gasteiger partial charge >= 0.3 is 5.97 Å². The predicted molar refractivity (Wildman–Crippen MR) is 71.0 cm³/mol. The molecule has 6 heteroatoms. The maximum Gasteiger partial charge on any atom is 0.309 e. The van der Waals surface area contributed by atoms with Crippen LogP contribution in [0.5, 0.6) is 0 Å². The first-order chi connectivity index (χ1) is 8.97. The Hall–Kier alpha value is -1.65. The van der Waals surface area contributed by atoms with E-state index in [-0.39, 0.29) is 17.8 Å². The minimum atomic E-state index is -1.04. The summed E-state index contributed by atoms with van der Waals surface area (Å²) in [5, 5.41) is 9.40. The van der Waals surface area contributed by atoms with E-state index in [0.29, 0.717) is 15.6 Å². The molecule has 0 radical (unpaired) electrons. The molecule has 0 aliphatic rings. The second kappa shape index (κ2) is 5.55. The van der Waals surface area contributed by atoms with Gasteiger partial charge in [0.25, 0.3) is 0 Å². The number of aliphatic carboxylic acids is 1. The third-order valence-electron chi connectivity index (χ3n) is 2.42. The molecule has 0 amide bonds. The number of carboxylic acid groups (broad SMARTS) is 1. The number of aromatic nitrogens is 1. The van der Waals surface area contributed by atoms with Crippen molar-refractivity contribution in [3.8, 4) is 11.3 Å². The highest BCUT2D eigenvalue weighted by molar-refractivity contribution is 6.35. The number of hydrogen-bond donors (Lipinski definition) is 1. The number of carbonyl (C=O) groups is 1. The molecule has 0 fully saturated rings. The van der Waals surface area contributed by atoms with E-state index in [0.717, 1.165) is 6.07 Å². The van der Waals surface area contributed by atoms with Crippen LogP contribution in [0.25, 0.3) is 11.3 Å². The van der Waals surface area contributed by atoms with Gasteiger partial charge in [0.1, 0.15) is 11.5 Å². The maximum absolute atomic E-state index is 13.8. The summed E-state index contributed by atoms with van der Waals surface area (Å²) in [7, 11) is 0. The fraction of sp³-hybridized carbons (Fsp3) is 0.0769. The number of nitrogens with zero attached hydrogens (tertiary/aromatic N) is 1. The van der Waals surface area contributed by atoms with Gasteiger partial charge in [0.2, 0.25) is 0 Å². The smallest absolute Gasteiger partial charge is 0.309 e. The van der Waals surface area contributed by atoms with Crippen molar-refractivity contribution in [1.82, 2.24) is 4.98 Å². The quantitative estimate of drug-likeness (QED) is 0.937. The highest BCUT2D eigenvalue weighted by Gasteiger charge is 2.13. The topological polar surface area (TPSA) is 50.2 Å². The van der Waals surface area contributed by atoms with Crippen molar-refractivity contribution in [3.05, 3.63) is 51.9 Å². The van der Waals surface area contributed by atoms with Crippen molar-refractivity contribution in [2.45, 2.75) is 6.42 Å². The number of rotatable bonds is 3. The van der Waals surface area contributed by atoms with Gasteiger partial charge in [0, 0.05) is 10.6 Å². The SMILES string of the molecule is O=C(O)Cc1ccc(F)c(-c2cc(Cl)ccc2Cl)n1. The highest BCUT2D eigenvalue weighted by Crippen LogP contribution is 2.31. The lowest BCUT2D eigenvalue weighted by molar-refractivity contribution is -0.136. The summed E-state index contributed by atoms with van der Waals surface area (Å²) in [6, 6.07) is 7.08. The van der Waals surface area contributed by atoms with E-state index < -0.39 is 11.8 Å².